The van der Waals surface area contributed by atoms with Gasteiger partial charge in [0.05, 0.1) is 12.3 Å². The molecule has 0 radical (unpaired) electrons. The second-order valence-electron chi connectivity index (χ2n) is 6.67. The van der Waals surface area contributed by atoms with Crippen LogP contribution in [0.4, 0.5) is 10.1 Å². The number of anilines is 1. The van der Waals surface area contributed by atoms with E-state index < -0.39 is 0 Å². The van der Waals surface area contributed by atoms with E-state index in [9.17, 15) is 9.18 Å². The third-order valence-electron chi connectivity index (χ3n) is 4.09. The molecule has 0 aliphatic rings. The van der Waals surface area contributed by atoms with Crippen LogP contribution < -0.4 is 10.1 Å². The fraction of sp³-hybridized carbons (Fsp3) is 0.286. The van der Waals surface area contributed by atoms with Gasteiger partial charge in [0.1, 0.15) is 12.4 Å². The lowest BCUT2D eigenvalue weighted by molar-refractivity contribution is -0.118. The van der Waals surface area contributed by atoms with Gasteiger partial charge in [-0.15, -0.1) is 5.10 Å². The minimum Gasteiger partial charge on any atom is -0.460 e. The SMILES string of the molecule is COCCOc1nc(-c2cccc(F)c2)n(-c2ccc(NC(=O)C(C)C)cc2)n1. The van der Waals surface area contributed by atoms with E-state index in [1.807, 2.05) is 13.8 Å². The number of hydrogen-bond donors (Lipinski definition) is 1. The van der Waals surface area contributed by atoms with Gasteiger partial charge < -0.3 is 14.8 Å². The van der Waals surface area contributed by atoms with Crippen LogP contribution in [0.5, 0.6) is 6.01 Å². The number of nitrogens with one attached hydrogen (secondary N) is 1. The van der Waals surface area contributed by atoms with Gasteiger partial charge in [-0.1, -0.05) is 26.0 Å². The molecule has 0 spiro atoms. The van der Waals surface area contributed by atoms with Gasteiger partial charge >= 0.3 is 6.01 Å². The van der Waals surface area contributed by atoms with Crippen LogP contribution in [-0.2, 0) is 9.53 Å². The number of carbonyl (C=O) groups excluding carboxylic acids is 1. The summed E-state index contributed by atoms with van der Waals surface area (Å²) in [6, 6.07) is 13.4. The summed E-state index contributed by atoms with van der Waals surface area (Å²) in [5.74, 6) is -0.106. The van der Waals surface area contributed by atoms with E-state index in [1.165, 1.54) is 12.1 Å². The number of carbonyl (C=O) groups is 1. The van der Waals surface area contributed by atoms with Gasteiger partial charge in [-0.3, -0.25) is 4.79 Å². The van der Waals surface area contributed by atoms with Crippen molar-refractivity contribution in [1.29, 1.82) is 0 Å². The largest absolute Gasteiger partial charge is 0.460 e. The topological polar surface area (TPSA) is 78.3 Å². The highest BCUT2D eigenvalue weighted by Gasteiger charge is 2.16. The zero-order chi connectivity index (χ0) is 20.8. The van der Waals surface area contributed by atoms with Crippen molar-refractivity contribution in [3.63, 3.8) is 0 Å². The Hall–Kier alpha value is -3.26. The summed E-state index contributed by atoms with van der Waals surface area (Å²) in [5, 5.41) is 7.24. The van der Waals surface area contributed by atoms with E-state index in [0.717, 1.165) is 0 Å². The Morgan fingerprint density at radius 3 is 2.59 bits per heavy atom. The van der Waals surface area contributed by atoms with Gasteiger partial charge in [-0.2, -0.15) is 4.98 Å². The number of ether oxygens (including phenoxy) is 2. The van der Waals surface area contributed by atoms with Gasteiger partial charge in [0.15, 0.2) is 5.82 Å². The van der Waals surface area contributed by atoms with Gasteiger partial charge in [-0.25, -0.2) is 9.07 Å². The highest BCUT2D eigenvalue weighted by atomic mass is 19.1. The highest BCUT2D eigenvalue weighted by molar-refractivity contribution is 5.92. The predicted octanol–water partition coefficient (Wildman–Crippen LogP) is 3.69. The first kappa shape index (κ1) is 20.5. The van der Waals surface area contributed by atoms with Crippen molar-refractivity contribution in [3.8, 4) is 23.1 Å². The van der Waals surface area contributed by atoms with Crippen LogP contribution in [0.25, 0.3) is 17.1 Å². The summed E-state index contributed by atoms with van der Waals surface area (Å²) in [4.78, 5) is 16.3. The van der Waals surface area contributed by atoms with E-state index in [0.29, 0.717) is 36.0 Å². The number of benzene rings is 2. The van der Waals surface area contributed by atoms with Crippen molar-refractivity contribution in [2.24, 2.45) is 5.92 Å². The summed E-state index contributed by atoms with van der Waals surface area (Å²) in [7, 11) is 1.58. The molecule has 1 amide bonds. The van der Waals surface area contributed by atoms with Crippen LogP contribution in [0.3, 0.4) is 0 Å². The summed E-state index contributed by atoms with van der Waals surface area (Å²) in [6.07, 6.45) is 0. The van der Waals surface area contributed by atoms with Gasteiger partial charge in [0.2, 0.25) is 5.91 Å². The van der Waals surface area contributed by atoms with E-state index >= 15 is 0 Å². The highest BCUT2D eigenvalue weighted by Crippen LogP contribution is 2.25. The van der Waals surface area contributed by atoms with Gasteiger partial charge in [0, 0.05) is 24.3 Å². The molecule has 0 unspecified atom stereocenters. The number of halogens is 1. The molecular formula is C21H23FN4O3. The molecule has 3 aromatic rings. The van der Waals surface area contributed by atoms with Crippen molar-refractivity contribution in [1.82, 2.24) is 14.8 Å². The first-order valence-corrected chi connectivity index (χ1v) is 9.24. The maximum Gasteiger partial charge on any atom is 0.336 e. The molecule has 0 saturated carbocycles. The summed E-state index contributed by atoms with van der Waals surface area (Å²) in [5.41, 5.74) is 1.94. The fourth-order valence-corrected chi connectivity index (χ4v) is 2.54. The molecule has 1 N–H and O–H groups in total. The first-order valence-electron chi connectivity index (χ1n) is 9.24. The van der Waals surface area contributed by atoms with Gasteiger partial charge in [-0.05, 0) is 36.4 Å². The molecule has 0 atom stereocenters. The maximum absolute atomic E-state index is 13.7. The molecule has 0 aliphatic carbocycles. The van der Waals surface area contributed by atoms with E-state index in [1.54, 1.807) is 48.2 Å². The zero-order valence-corrected chi connectivity index (χ0v) is 16.6. The fourth-order valence-electron chi connectivity index (χ4n) is 2.54. The lowest BCUT2D eigenvalue weighted by Gasteiger charge is -2.09. The number of hydrogen-bond acceptors (Lipinski definition) is 5. The Bertz CT molecular complexity index is 970. The summed E-state index contributed by atoms with van der Waals surface area (Å²) in [6.45, 7) is 4.35. The maximum atomic E-state index is 13.7. The van der Waals surface area contributed by atoms with Crippen LogP contribution in [0.1, 0.15) is 13.8 Å². The predicted molar refractivity (Wildman–Crippen MR) is 108 cm³/mol. The molecule has 0 fully saturated rings. The summed E-state index contributed by atoms with van der Waals surface area (Å²) < 4.78 is 25.8. The number of aromatic nitrogens is 3. The molecule has 3 rings (SSSR count). The number of amides is 1. The third-order valence-corrected chi connectivity index (χ3v) is 4.09. The van der Waals surface area contributed by atoms with Gasteiger partial charge in [0.25, 0.3) is 0 Å². The Kier molecular flexibility index (Phi) is 6.56. The van der Waals surface area contributed by atoms with Crippen LogP contribution >= 0.6 is 0 Å². The second kappa shape index (κ2) is 9.29. The molecule has 0 saturated heterocycles. The Morgan fingerprint density at radius 2 is 1.93 bits per heavy atom. The summed E-state index contributed by atoms with van der Waals surface area (Å²) >= 11 is 0. The van der Waals surface area contributed by atoms with Crippen molar-refractivity contribution in [3.05, 3.63) is 54.3 Å². The molecule has 0 bridgehead atoms. The Balaban J connectivity index is 1.93. The minimum absolute atomic E-state index is 0.0622. The molecule has 1 aromatic heterocycles. The van der Waals surface area contributed by atoms with Crippen LogP contribution in [0, 0.1) is 11.7 Å². The molecule has 2 aromatic carbocycles. The van der Waals surface area contributed by atoms with Crippen molar-refractivity contribution >= 4 is 11.6 Å². The Labute approximate surface area is 168 Å². The molecule has 152 valence electrons. The molecule has 0 aliphatic heterocycles. The second-order valence-corrected chi connectivity index (χ2v) is 6.67. The van der Waals surface area contributed by atoms with Crippen LogP contribution in [-0.4, -0.2) is 41.0 Å². The van der Waals surface area contributed by atoms with Crippen molar-refractivity contribution in [2.45, 2.75) is 13.8 Å². The molecule has 1 heterocycles. The lowest BCUT2D eigenvalue weighted by Crippen LogP contribution is -2.17. The van der Waals surface area contributed by atoms with E-state index in [2.05, 4.69) is 15.4 Å². The standard InChI is InChI=1S/C21H23FN4O3/c1-14(2)20(27)23-17-7-9-18(10-8-17)26-19(15-5-4-6-16(22)13-15)24-21(25-26)29-12-11-28-3/h4-10,13-14H,11-12H2,1-3H3,(H,23,27). The lowest BCUT2D eigenvalue weighted by atomic mass is 10.2. The molecule has 29 heavy (non-hydrogen) atoms. The smallest absolute Gasteiger partial charge is 0.336 e. The average Bonchev–Trinajstić information content (AvgIpc) is 3.13. The monoisotopic (exact) mass is 398 g/mol. The quantitative estimate of drug-likeness (QED) is 0.586. The zero-order valence-electron chi connectivity index (χ0n) is 16.6. The van der Waals surface area contributed by atoms with Crippen LogP contribution in [0.15, 0.2) is 48.5 Å². The average molecular weight is 398 g/mol. The number of nitrogens with zero attached hydrogens (tertiary/aromatic N) is 3. The Morgan fingerprint density at radius 1 is 1.17 bits per heavy atom. The van der Waals surface area contributed by atoms with E-state index in [4.69, 9.17) is 9.47 Å². The van der Waals surface area contributed by atoms with Crippen molar-refractivity contribution in [2.75, 3.05) is 25.6 Å². The van der Waals surface area contributed by atoms with E-state index in [-0.39, 0.29) is 23.7 Å². The molecular weight excluding hydrogens is 375 g/mol. The number of rotatable bonds is 8. The van der Waals surface area contributed by atoms with Crippen LogP contribution in [0.2, 0.25) is 0 Å². The molecule has 8 heteroatoms. The minimum atomic E-state index is -0.370. The van der Waals surface area contributed by atoms with Crippen molar-refractivity contribution < 1.29 is 18.7 Å². The molecule has 7 nitrogen and oxygen atoms in total. The third kappa shape index (κ3) is 5.17. The first-order chi connectivity index (χ1) is 14.0. The normalized spacial score (nSPS) is 10.9. The number of methoxy groups -OCH3 is 1.